The Kier molecular flexibility index (Phi) is 6.72. The normalized spacial score (nSPS) is 11.3. The largest absolute Gasteiger partial charge is 0.487 e. The molecule has 0 unspecified atom stereocenters. The quantitative estimate of drug-likeness (QED) is 0.398. The summed E-state index contributed by atoms with van der Waals surface area (Å²) in [5, 5.41) is 4.38. The molecule has 4 rings (SSSR count). The summed E-state index contributed by atoms with van der Waals surface area (Å²) in [6.45, 7) is 0.701. The highest BCUT2D eigenvalue weighted by atomic mass is 19.4. The summed E-state index contributed by atoms with van der Waals surface area (Å²) in [4.78, 5) is 29.5. The number of hydrogen-bond acceptors (Lipinski definition) is 4. The fourth-order valence-electron chi connectivity index (χ4n) is 3.37. The van der Waals surface area contributed by atoms with E-state index in [0.29, 0.717) is 11.4 Å². The molecule has 2 aromatic carbocycles. The zero-order valence-electron chi connectivity index (χ0n) is 18.6. The van der Waals surface area contributed by atoms with Crippen molar-refractivity contribution in [3.8, 4) is 5.75 Å². The molecule has 0 atom stereocenters. The van der Waals surface area contributed by atoms with E-state index in [0.717, 1.165) is 11.2 Å². The van der Waals surface area contributed by atoms with E-state index in [-0.39, 0.29) is 23.4 Å². The summed E-state index contributed by atoms with van der Waals surface area (Å²) in [7, 11) is 0. The number of hydrogen-bond donors (Lipinski definition) is 2. The van der Waals surface area contributed by atoms with Crippen molar-refractivity contribution in [2.45, 2.75) is 19.7 Å². The van der Waals surface area contributed by atoms with Gasteiger partial charge in [-0.15, -0.1) is 0 Å². The zero-order chi connectivity index (χ0) is 25.0. The molecule has 0 aliphatic rings. The second-order valence-corrected chi connectivity index (χ2v) is 7.82. The number of anilines is 1. The zero-order valence-corrected chi connectivity index (χ0v) is 18.6. The third-order valence-electron chi connectivity index (χ3n) is 5.00. The van der Waals surface area contributed by atoms with Crippen LogP contribution in [0, 0.1) is 6.92 Å². The number of halogens is 3. The van der Waals surface area contributed by atoms with Gasteiger partial charge in [0.2, 0.25) is 0 Å². The number of alkyl halides is 3. The number of carbonyl (C=O) groups excluding carboxylic acids is 2. The molecular weight excluding hydrogens is 461 g/mol. The summed E-state index contributed by atoms with van der Waals surface area (Å²) < 4.78 is 45.0. The first-order valence-corrected chi connectivity index (χ1v) is 10.6. The molecule has 0 aliphatic carbocycles. The number of fused-ring (bicyclic) bond motifs is 1. The number of nitrogens with one attached hydrogen (secondary N) is 2. The Morgan fingerprint density at radius 2 is 1.80 bits per heavy atom. The molecule has 0 saturated carbocycles. The maximum atomic E-state index is 12.8. The van der Waals surface area contributed by atoms with Gasteiger partial charge >= 0.3 is 6.18 Å². The molecule has 0 radical (unpaired) electrons. The molecule has 0 spiro atoms. The van der Waals surface area contributed by atoms with Crippen LogP contribution in [0.1, 0.15) is 32.0 Å². The number of aromatic nitrogens is 2. The van der Waals surface area contributed by atoms with Crippen molar-refractivity contribution in [2.75, 3.05) is 11.9 Å². The lowest BCUT2D eigenvalue weighted by Crippen LogP contribution is -2.34. The average Bonchev–Trinajstić information content (AvgIpc) is 3.23. The van der Waals surface area contributed by atoms with Crippen molar-refractivity contribution in [3.05, 3.63) is 95.4 Å². The first-order chi connectivity index (χ1) is 16.7. The molecule has 180 valence electrons. The number of para-hydroxylation sites is 1. The van der Waals surface area contributed by atoms with Gasteiger partial charge in [-0.25, -0.2) is 4.98 Å². The van der Waals surface area contributed by atoms with Crippen LogP contribution in [0.15, 0.2) is 73.1 Å². The van der Waals surface area contributed by atoms with Crippen LogP contribution in [0.25, 0.3) is 5.65 Å². The van der Waals surface area contributed by atoms with Crippen LogP contribution >= 0.6 is 0 Å². The maximum absolute atomic E-state index is 12.8. The minimum absolute atomic E-state index is 0.0837. The first kappa shape index (κ1) is 23.8. The van der Waals surface area contributed by atoms with Crippen molar-refractivity contribution in [3.63, 3.8) is 0 Å². The van der Waals surface area contributed by atoms with Crippen molar-refractivity contribution in [1.29, 1.82) is 0 Å². The average molecular weight is 482 g/mol. The number of imidazole rings is 1. The molecule has 0 aliphatic heterocycles. The third kappa shape index (κ3) is 6.17. The van der Waals surface area contributed by atoms with E-state index in [1.54, 1.807) is 29.6 Å². The molecule has 2 aromatic heterocycles. The number of nitrogens with zero attached hydrogens (tertiary/aromatic N) is 2. The van der Waals surface area contributed by atoms with Crippen LogP contribution in [0.4, 0.5) is 18.9 Å². The van der Waals surface area contributed by atoms with Crippen LogP contribution < -0.4 is 15.4 Å². The van der Waals surface area contributed by atoms with E-state index in [9.17, 15) is 22.8 Å². The lowest BCUT2D eigenvalue weighted by molar-refractivity contribution is -0.123. The van der Waals surface area contributed by atoms with Crippen molar-refractivity contribution in [2.24, 2.45) is 0 Å². The highest BCUT2D eigenvalue weighted by molar-refractivity contribution is 6.09. The van der Waals surface area contributed by atoms with Crippen LogP contribution in [0.5, 0.6) is 5.75 Å². The van der Waals surface area contributed by atoms with Crippen molar-refractivity contribution >= 4 is 23.1 Å². The number of benzene rings is 2. The number of rotatable bonds is 7. The predicted molar refractivity (Wildman–Crippen MR) is 123 cm³/mol. The highest BCUT2D eigenvalue weighted by Crippen LogP contribution is 2.20. The monoisotopic (exact) mass is 482 g/mol. The molecule has 2 amide bonds. The summed E-state index contributed by atoms with van der Waals surface area (Å²) in [5.74, 6) is -1.06. The van der Waals surface area contributed by atoms with E-state index in [1.165, 1.54) is 24.3 Å². The molecule has 7 nitrogen and oxygen atoms in total. The van der Waals surface area contributed by atoms with Gasteiger partial charge in [-0.3, -0.25) is 9.59 Å². The Morgan fingerprint density at radius 3 is 2.60 bits per heavy atom. The summed E-state index contributed by atoms with van der Waals surface area (Å²) in [6.07, 6.45) is -0.728. The second kappa shape index (κ2) is 9.88. The number of aryl methyl sites for hydroxylation is 1. The van der Waals surface area contributed by atoms with E-state index >= 15 is 0 Å². The molecule has 2 N–H and O–H groups in total. The minimum atomic E-state index is -4.55. The van der Waals surface area contributed by atoms with E-state index < -0.39 is 24.5 Å². The fourth-order valence-corrected chi connectivity index (χ4v) is 3.37. The Hall–Kier alpha value is -4.34. The van der Waals surface area contributed by atoms with Gasteiger partial charge in [-0.2, -0.15) is 13.2 Å². The van der Waals surface area contributed by atoms with Gasteiger partial charge in [-0.1, -0.05) is 24.3 Å². The van der Waals surface area contributed by atoms with Gasteiger partial charge in [0.05, 0.1) is 16.9 Å². The summed E-state index contributed by atoms with van der Waals surface area (Å²) in [5.41, 5.74) is 2.85. The number of pyridine rings is 1. The Balaban J connectivity index is 1.43. The van der Waals surface area contributed by atoms with Crippen LogP contribution in [-0.2, 0) is 6.61 Å². The second-order valence-electron chi connectivity index (χ2n) is 7.82. The molecule has 0 bridgehead atoms. The van der Waals surface area contributed by atoms with Gasteiger partial charge in [0.1, 0.15) is 24.5 Å². The Morgan fingerprint density at radius 1 is 1.00 bits per heavy atom. The SMILES string of the molecule is Cc1ccc2nc(COc3cccc(C(=O)Nc4ccccc4C(=O)NCC(F)(F)F)c3)cn2c1. The molecule has 0 saturated heterocycles. The van der Waals surface area contributed by atoms with E-state index in [2.05, 4.69) is 10.3 Å². The Labute approximate surface area is 198 Å². The maximum Gasteiger partial charge on any atom is 0.405 e. The summed E-state index contributed by atoms with van der Waals surface area (Å²) in [6, 6.07) is 16.1. The van der Waals surface area contributed by atoms with Gasteiger partial charge in [0.15, 0.2) is 0 Å². The standard InChI is InChI=1S/C25H21F3N4O3/c1-16-9-10-22-30-18(13-32(22)12-16)14-35-19-6-4-5-17(11-19)23(33)31-21-8-3-2-7-20(21)24(34)29-15-25(26,27)28/h2-13H,14-15H2,1H3,(H,29,34)(H,31,33). The summed E-state index contributed by atoms with van der Waals surface area (Å²) >= 11 is 0. The molecule has 10 heteroatoms. The topological polar surface area (TPSA) is 84.7 Å². The number of ether oxygens (including phenoxy) is 1. The van der Waals surface area contributed by atoms with Gasteiger partial charge in [-0.05, 0) is 48.9 Å². The smallest absolute Gasteiger partial charge is 0.405 e. The van der Waals surface area contributed by atoms with Crippen LogP contribution in [0.3, 0.4) is 0 Å². The molecule has 2 heterocycles. The predicted octanol–water partition coefficient (Wildman–Crippen LogP) is 4.77. The number of amides is 2. The Bertz CT molecular complexity index is 1380. The third-order valence-corrected chi connectivity index (χ3v) is 5.00. The molecule has 0 fully saturated rings. The van der Waals surface area contributed by atoms with Gasteiger partial charge in [0, 0.05) is 18.0 Å². The van der Waals surface area contributed by atoms with Crippen molar-refractivity contribution < 1.29 is 27.5 Å². The van der Waals surface area contributed by atoms with E-state index in [4.69, 9.17) is 4.74 Å². The number of carbonyl (C=O) groups is 2. The van der Waals surface area contributed by atoms with Gasteiger partial charge in [0.25, 0.3) is 11.8 Å². The minimum Gasteiger partial charge on any atom is -0.487 e. The van der Waals surface area contributed by atoms with Crippen LogP contribution in [0.2, 0.25) is 0 Å². The van der Waals surface area contributed by atoms with Crippen LogP contribution in [-0.4, -0.2) is 33.9 Å². The molecule has 4 aromatic rings. The molecular formula is C25H21F3N4O3. The highest BCUT2D eigenvalue weighted by Gasteiger charge is 2.28. The van der Waals surface area contributed by atoms with E-state index in [1.807, 2.05) is 35.9 Å². The lowest BCUT2D eigenvalue weighted by Gasteiger charge is -2.13. The first-order valence-electron chi connectivity index (χ1n) is 10.6. The fraction of sp³-hybridized carbons (Fsp3) is 0.160. The molecule has 35 heavy (non-hydrogen) atoms. The van der Waals surface area contributed by atoms with Gasteiger partial charge < -0.3 is 19.8 Å². The lowest BCUT2D eigenvalue weighted by atomic mass is 10.1. The van der Waals surface area contributed by atoms with Crippen molar-refractivity contribution in [1.82, 2.24) is 14.7 Å².